The van der Waals surface area contributed by atoms with Gasteiger partial charge >= 0.3 is 5.97 Å². The van der Waals surface area contributed by atoms with Crippen molar-refractivity contribution in [1.29, 1.82) is 0 Å². The lowest BCUT2D eigenvalue weighted by atomic mass is 10.1. The molecule has 1 fully saturated rings. The number of esters is 1. The van der Waals surface area contributed by atoms with Crippen molar-refractivity contribution in [2.45, 2.75) is 27.2 Å². The van der Waals surface area contributed by atoms with Gasteiger partial charge in [0.1, 0.15) is 6.54 Å². The molecule has 0 unspecified atom stereocenters. The number of anilines is 1. The van der Waals surface area contributed by atoms with Gasteiger partial charge < -0.3 is 15.0 Å². The van der Waals surface area contributed by atoms with Crippen molar-refractivity contribution in [2.75, 3.05) is 24.6 Å². The predicted molar refractivity (Wildman–Crippen MR) is 86.0 cm³/mol. The van der Waals surface area contributed by atoms with Crippen LogP contribution in [0.3, 0.4) is 0 Å². The van der Waals surface area contributed by atoms with Crippen LogP contribution < -0.4 is 10.2 Å². The quantitative estimate of drug-likeness (QED) is 0.831. The summed E-state index contributed by atoms with van der Waals surface area (Å²) in [4.78, 5) is 37.2. The molecule has 0 bridgehead atoms. The highest BCUT2D eigenvalue weighted by atomic mass is 16.5. The zero-order chi connectivity index (χ0) is 17.0. The minimum atomic E-state index is -0.476. The summed E-state index contributed by atoms with van der Waals surface area (Å²) in [5, 5.41) is 2.53. The highest BCUT2D eigenvalue weighted by Crippen LogP contribution is 2.26. The van der Waals surface area contributed by atoms with E-state index in [1.165, 1.54) is 0 Å². The Kier molecular flexibility index (Phi) is 5.36. The van der Waals surface area contributed by atoms with E-state index < -0.39 is 11.9 Å². The largest absolute Gasteiger partial charge is 0.465 e. The molecule has 1 saturated heterocycles. The Balaban J connectivity index is 1.97. The second-order valence-corrected chi connectivity index (χ2v) is 5.70. The first-order chi connectivity index (χ1) is 10.9. The highest BCUT2D eigenvalue weighted by molar-refractivity contribution is 6.00. The first kappa shape index (κ1) is 17.0. The number of carbonyl (C=O) groups is 3. The molecule has 1 aliphatic heterocycles. The molecular weight excluding hydrogens is 296 g/mol. The van der Waals surface area contributed by atoms with E-state index in [2.05, 4.69) is 5.32 Å². The molecule has 2 amide bonds. The lowest BCUT2D eigenvalue weighted by Gasteiger charge is -2.18. The predicted octanol–water partition coefficient (Wildman–Crippen LogP) is 1.34. The Hall–Kier alpha value is -2.37. The Morgan fingerprint density at radius 3 is 2.70 bits per heavy atom. The highest BCUT2D eigenvalue weighted by Gasteiger charge is 2.35. The maximum absolute atomic E-state index is 12.2. The van der Waals surface area contributed by atoms with Gasteiger partial charge in [0.2, 0.25) is 11.8 Å². The van der Waals surface area contributed by atoms with E-state index in [0.717, 1.165) is 16.8 Å². The van der Waals surface area contributed by atoms with Crippen LogP contribution in [0.1, 0.15) is 24.5 Å². The fourth-order valence-corrected chi connectivity index (χ4v) is 2.54. The second kappa shape index (κ2) is 7.26. The standard InChI is InChI=1S/C17H22N2O4/c1-4-23-16(21)9-18-17(22)13-8-15(20)19(10-13)14-6-5-11(2)12(3)7-14/h5-7,13H,4,8-10H2,1-3H3,(H,18,22)/t13-/m0/s1. The van der Waals surface area contributed by atoms with Gasteiger partial charge in [0.25, 0.3) is 0 Å². The van der Waals surface area contributed by atoms with Crippen LogP contribution in [0.5, 0.6) is 0 Å². The lowest BCUT2D eigenvalue weighted by molar-refractivity contribution is -0.143. The molecule has 6 heteroatoms. The topological polar surface area (TPSA) is 75.7 Å². The van der Waals surface area contributed by atoms with Gasteiger partial charge in [-0.1, -0.05) is 6.07 Å². The molecule has 1 aliphatic rings. The summed E-state index contributed by atoms with van der Waals surface area (Å²) in [6, 6.07) is 5.80. The number of aryl methyl sites for hydroxylation is 2. The number of nitrogens with zero attached hydrogens (tertiary/aromatic N) is 1. The summed E-state index contributed by atoms with van der Waals surface area (Å²) in [6.45, 7) is 6.14. The molecule has 1 atom stereocenters. The third kappa shape index (κ3) is 4.09. The number of ether oxygens (including phenoxy) is 1. The third-order valence-corrected chi connectivity index (χ3v) is 4.01. The molecule has 0 radical (unpaired) electrons. The Morgan fingerprint density at radius 2 is 2.04 bits per heavy atom. The van der Waals surface area contributed by atoms with Gasteiger partial charge in [-0.2, -0.15) is 0 Å². The number of carbonyl (C=O) groups excluding carboxylic acids is 3. The molecule has 0 aromatic heterocycles. The summed E-state index contributed by atoms with van der Waals surface area (Å²) >= 11 is 0. The Bertz CT molecular complexity index is 627. The maximum atomic E-state index is 12.2. The number of nitrogens with one attached hydrogen (secondary N) is 1. The van der Waals surface area contributed by atoms with Gasteiger partial charge in [0.15, 0.2) is 0 Å². The van der Waals surface area contributed by atoms with Crippen LogP contribution in [0.15, 0.2) is 18.2 Å². The van der Waals surface area contributed by atoms with E-state index in [-0.39, 0.29) is 31.4 Å². The number of hydrogen-bond acceptors (Lipinski definition) is 4. The van der Waals surface area contributed by atoms with E-state index in [9.17, 15) is 14.4 Å². The number of amides is 2. The molecule has 23 heavy (non-hydrogen) atoms. The number of hydrogen-bond donors (Lipinski definition) is 1. The molecule has 0 spiro atoms. The normalized spacial score (nSPS) is 17.3. The summed E-state index contributed by atoms with van der Waals surface area (Å²) < 4.78 is 4.76. The second-order valence-electron chi connectivity index (χ2n) is 5.70. The number of benzene rings is 1. The smallest absolute Gasteiger partial charge is 0.325 e. The molecule has 1 aromatic rings. The van der Waals surface area contributed by atoms with Gasteiger partial charge in [-0.15, -0.1) is 0 Å². The van der Waals surface area contributed by atoms with E-state index in [1.54, 1.807) is 11.8 Å². The molecule has 6 nitrogen and oxygen atoms in total. The first-order valence-corrected chi connectivity index (χ1v) is 7.73. The van der Waals surface area contributed by atoms with Crippen molar-refractivity contribution in [1.82, 2.24) is 5.32 Å². The average Bonchev–Trinajstić information content (AvgIpc) is 2.90. The van der Waals surface area contributed by atoms with Crippen molar-refractivity contribution in [2.24, 2.45) is 5.92 Å². The van der Waals surface area contributed by atoms with Gasteiger partial charge in [-0.25, -0.2) is 0 Å². The van der Waals surface area contributed by atoms with E-state index >= 15 is 0 Å². The molecule has 124 valence electrons. The summed E-state index contributed by atoms with van der Waals surface area (Å²) in [5.41, 5.74) is 3.06. The van der Waals surface area contributed by atoms with Crippen LogP contribution in [0, 0.1) is 19.8 Å². The summed E-state index contributed by atoms with van der Waals surface area (Å²) in [6.07, 6.45) is 0.154. The van der Waals surface area contributed by atoms with Crippen molar-refractivity contribution in [3.8, 4) is 0 Å². The maximum Gasteiger partial charge on any atom is 0.325 e. The Labute approximate surface area is 135 Å². The van der Waals surface area contributed by atoms with Crippen LogP contribution >= 0.6 is 0 Å². The molecule has 1 heterocycles. The van der Waals surface area contributed by atoms with E-state index in [0.29, 0.717) is 6.54 Å². The van der Waals surface area contributed by atoms with Crippen LogP contribution in [0.25, 0.3) is 0 Å². The van der Waals surface area contributed by atoms with Gasteiger partial charge in [-0.05, 0) is 44.0 Å². The van der Waals surface area contributed by atoms with E-state index in [4.69, 9.17) is 4.74 Å². The van der Waals surface area contributed by atoms with Crippen LogP contribution in [-0.2, 0) is 19.1 Å². The van der Waals surface area contributed by atoms with Crippen molar-refractivity contribution < 1.29 is 19.1 Å². The molecular formula is C17H22N2O4. The van der Waals surface area contributed by atoms with Crippen molar-refractivity contribution in [3.63, 3.8) is 0 Å². The van der Waals surface area contributed by atoms with Crippen LogP contribution in [0.2, 0.25) is 0 Å². The van der Waals surface area contributed by atoms with Crippen LogP contribution in [0.4, 0.5) is 5.69 Å². The molecule has 1 N–H and O–H groups in total. The van der Waals surface area contributed by atoms with Crippen LogP contribution in [-0.4, -0.2) is 37.5 Å². The zero-order valence-corrected chi connectivity index (χ0v) is 13.7. The minimum Gasteiger partial charge on any atom is -0.465 e. The molecule has 2 rings (SSSR count). The molecule has 1 aromatic carbocycles. The lowest BCUT2D eigenvalue weighted by Crippen LogP contribution is -2.36. The fraction of sp³-hybridized carbons (Fsp3) is 0.471. The van der Waals surface area contributed by atoms with Gasteiger partial charge in [-0.3, -0.25) is 14.4 Å². The first-order valence-electron chi connectivity index (χ1n) is 7.73. The Morgan fingerprint density at radius 1 is 1.30 bits per heavy atom. The summed E-state index contributed by atoms with van der Waals surface area (Å²) in [7, 11) is 0. The molecule has 0 aliphatic carbocycles. The number of rotatable bonds is 5. The van der Waals surface area contributed by atoms with Gasteiger partial charge in [0.05, 0.1) is 12.5 Å². The molecule has 0 saturated carbocycles. The van der Waals surface area contributed by atoms with E-state index in [1.807, 2.05) is 32.0 Å². The average molecular weight is 318 g/mol. The summed E-state index contributed by atoms with van der Waals surface area (Å²) in [5.74, 6) is -1.29. The van der Waals surface area contributed by atoms with Gasteiger partial charge in [0, 0.05) is 18.7 Å². The zero-order valence-electron chi connectivity index (χ0n) is 13.7. The monoisotopic (exact) mass is 318 g/mol. The van der Waals surface area contributed by atoms with Crippen molar-refractivity contribution in [3.05, 3.63) is 29.3 Å². The SMILES string of the molecule is CCOC(=O)CNC(=O)[C@H]1CC(=O)N(c2ccc(C)c(C)c2)C1. The minimum absolute atomic E-state index is 0.0791. The fourth-order valence-electron chi connectivity index (χ4n) is 2.54. The third-order valence-electron chi connectivity index (χ3n) is 4.01. The van der Waals surface area contributed by atoms with Crippen molar-refractivity contribution >= 4 is 23.5 Å².